The lowest BCUT2D eigenvalue weighted by Gasteiger charge is -2.32. The highest BCUT2D eigenvalue weighted by Gasteiger charge is 2.28. The molecular formula is C14H28ClN3O2. The Morgan fingerprint density at radius 1 is 1.30 bits per heavy atom. The summed E-state index contributed by atoms with van der Waals surface area (Å²) in [5.41, 5.74) is 5.44. The summed E-state index contributed by atoms with van der Waals surface area (Å²) in [6.45, 7) is 5.34. The Kier molecular flexibility index (Phi) is 8.81. The number of nitrogens with one attached hydrogen (secondary N) is 1. The van der Waals surface area contributed by atoms with Crippen molar-refractivity contribution in [3.8, 4) is 0 Å². The molecule has 0 aromatic carbocycles. The standard InChI is InChI=1S/C14H27N3O2.ClH/c1-3-14(4-2,11-15)16-12(18)10-17-9-7-5-6-8-13(17)19;/h3-11,15H2,1-2H3,(H,16,18);1H. The highest BCUT2D eigenvalue weighted by atomic mass is 35.5. The van der Waals surface area contributed by atoms with Gasteiger partial charge in [0.2, 0.25) is 11.8 Å². The summed E-state index contributed by atoms with van der Waals surface area (Å²) in [5.74, 6) is 0.00314. The molecule has 0 aliphatic carbocycles. The SMILES string of the molecule is CCC(CC)(CN)NC(=O)CN1CCCCCC1=O.Cl. The molecule has 5 nitrogen and oxygen atoms in total. The van der Waals surface area contributed by atoms with E-state index in [2.05, 4.69) is 5.32 Å². The van der Waals surface area contributed by atoms with Crippen LogP contribution in [-0.2, 0) is 9.59 Å². The van der Waals surface area contributed by atoms with Gasteiger partial charge in [0.25, 0.3) is 0 Å². The van der Waals surface area contributed by atoms with E-state index in [-0.39, 0.29) is 36.3 Å². The number of hydrogen-bond acceptors (Lipinski definition) is 3. The van der Waals surface area contributed by atoms with Crippen molar-refractivity contribution in [3.05, 3.63) is 0 Å². The molecule has 0 radical (unpaired) electrons. The minimum Gasteiger partial charge on any atom is -0.348 e. The van der Waals surface area contributed by atoms with Crippen LogP contribution in [0.4, 0.5) is 0 Å². The number of nitrogens with zero attached hydrogens (tertiary/aromatic N) is 1. The third kappa shape index (κ3) is 5.29. The molecule has 1 heterocycles. The van der Waals surface area contributed by atoms with E-state index in [1.807, 2.05) is 13.8 Å². The van der Waals surface area contributed by atoms with Crippen LogP contribution in [0, 0.1) is 0 Å². The molecule has 20 heavy (non-hydrogen) atoms. The van der Waals surface area contributed by atoms with Crippen molar-refractivity contribution in [3.63, 3.8) is 0 Å². The first kappa shape index (κ1) is 19.2. The van der Waals surface area contributed by atoms with Gasteiger partial charge in [0.1, 0.15) is 0 Å². The Balaban J connectivity index is 0.00000361. The van der Waals surface area contributed by atoms with Crippen LogP contribution in [0.1, 0.15) is 52.4 Å². The zero-order chi connectivity index (χ0) is 14.3. The van der Waals surface area contributed by atoms with E-state index in [1.54, 1.807) is 4.90 Å². The van der Waals surface area contributed by atoms with Gasteiger partial charge in [-0.05, 0) is 25.7 Å². The first-order chi connectivity index (χ1) is 9.06. The summed E-state index contributed by atoms with van der Waals surface area (Å²) in [6.07, 6.45) is 5.17. The highest BCUT2D eigenvalue weighted by Crippen LogP contribution is 2.14. The monoisotopic (exact) mass is 305 g/mol. The Hall–Kier alpha value is -0.810. The predicted molar refractivity (Wildman–Crippen MR) is 82.8 cm³/mol. The smallest absolute Gasteiger partial charge is 0.240 e. The van der Waals surface area contributed by atoms with Crippen LogP contribution in [0.2, 0.25) is 0 Å². The number of amides is 2. The largest absolute Gasteiger partial charge is 0.348 e. The predicted octanol–water partition coefficient (Wildman–Crippen LogP) is 1.44. The van der Waals surface area contributed by atoms with E-state index >= 15 is 0 Å². The number of rotatable bonds is 6. The second-order valence-corrected chi connectivity index (χ2v) is 5.37. The van der Waals surface area contributed by atoms with E-state index in [4.69, 9.17) is 5.73 Å². The molecule has 0 saturated carbocycles. The summed E-state index contributed by atoms with van der Waals surface area (Å²) in [5, 5.41) is 3.01. The van der Waals surface area contributed by atoms with Gasteiger partial charge in [-0.2, -0.15) is 0 Å². The van der Waals surface area contributed by atoms with Crippen LogP contribution in [0.5, 0.6) is 0 Å². The number of nitrogens with two attached hydrogens (primary N) is 1. The van der Waals surface area contributed by atoms with Gasteiger partial charge in [-0.25, -0.2) is 0 Å². The van der Waals surface area contributed by atoms with Gasteiger partial charge in [-0.15, -0.1) is 12.4 Å². The summed E-state index contributed by atoms with van der Waals surface area (Å²) in [4.78, 5) is 25.6. The molecule has 1 fully saturated rings. The van der Waals surface area contributed by atoms with Crippen molar-refractivity contribution in [1.29, 1.82) is 0 Å². The maximum Gasteiger partial charge on any atom is 0.240 e. The number of carbonyl (C=O) groups excluding carboxylic acids is 2. The summed E-state index contributed by atoms with van der Waals surface area (Å²) in [6, 6.07) is 0. The van der Waals surface area contributed by atoms with Crippen LogP contribution >= 0.6 is 12.4 Å². The summed E-state index contributed by atoms with van der Waals surface area (Å²) < 4.78 is 0. The fourth-order valence-corrected chi connectivity index (χ4v) is 2.48. The maximum absolute atomic E-state index is 12.1. The van der Waals surface area contributed by atoms with Gasteiger partial charge in [-0.1, -0.05) is 20.3 Å². The van der Waals surface area contributed by atoms with Gasteiger partial charge >= 0.3 is 0 Å². The van der Waals surface area contributed by atoms with Crippen molar-refractivity contribution in [2.75, 3.05) is 19.6 Å². The lowest BCUT2D eigenvalue weighted by molar-refractivity contribution is -0.136. The Bertz CT molecular complexity index is 311. The second kappa shape index (κ2) is 9.19. The van der Waals surface area contributed by atoms with Gasteiger partial charge in [0.05, 0.1) is 12.1 Å². The van der Waals surface area contributed by atoms with Gasteiger partial charge in [-0.3, -0.25) is 9.59 Å². The van der Waals surface area contributed by atoms with Crippen molar-refractivity contribution >= 4 is 24.2 Å². The van der Waals surface area contributed by atoms with Gasteiger partial charge < -0.3 is 16.0 Å². The van der Waals surface area contributed by atoms with Gasteiger partial charge in [0, 0.05) is 19.5 Å². The van der Waals surface area contributed by atoms with E-state index in [9.17, 15) is 9.59 Å². The molecule has 0 unspecified atom stereocenters. The fourth-order valence-electron chi connectivity index (χ4n) is 2.48. The Morgan fingerprint density at radius 3 is 2.50 bits per heavy atom. The first-order valence-electron chi connectivity index (χ1n) is 7.35. The van der Waals surface area contributed by atoms with Crippen molar-refractivity contribution in [2.24, 2.45) is 5.73 Å². The average molecular weight is 306 g/mol. The molecule has 0 aromatic heterocycles. The number of carbonyl (C=O) groups is 2. The molecule has 1 aliphatic rings. The van der Waals surface area contributed by atoms with E-state index in [0.717, 1.165) is 32.1 Å². The molecule has 0 bridgehead atoms. The molecule has 1 aliphatic heterocycles. The highest BCUT2D eigenvalue weighted by molar-refractivity contribution is 5.85. The molecule has 0 spiro atoms. The van der Waals surface area contributed by atoms with Crippen molar-refractivity contribution in [1.82, 2.24) is 10.2 Å². The Morgan fingerprint density at radius 2 is 1.95 bits per heavy atom. The fraction of sp³-hybridized carbons (Fsp3) is 0.857. The van der Waals surface area contributed by atoms with Crippen LogP contribution < -0.4 is 11.1 Å². The quantitative estimate of drug-likeness (QED) is 0.780. The lowest BCUT2D eigenvalue weighted by atomic mass is 9.93. The third-order valence-corrected chi connectivity index (χ3v) is 4.15. The van der Waals surface area contributed by atoms with E-state index in [0.29, 0.717) is 19.5 Å². The minimum atomic E-state index is -0.327. The average Bonchev–Trinajstić information content (AvgIpc) is 2.62. The van der Waals surface area contributed by atoms with Crippen LogP contribution in [0.15, 0.2) is 0 Å². The molecule has 1 rings (SSSR count). The van der Waals surface area contributed by atoms with E-state index < -0.39 is 0 Å². The lowest BCUT2D eigenvalue weighted by Crippen LogP contribution is -2.55. The molecule has 118 valence electrons. The topological polar surface area (TPSA) is 75.4 Å². The molecule has 2 amide bonds. The molecule has 3 N–H and O–H groups in total. The zero-order valence-corrected chi connectivity index (χ0v) is 13.4. The third-order valence-electron chi connectivity index (χ3n) is 4.15. The Labute approximate surface area is 128 Å². The summed E-state index contributed by atoms with van der Waals surface area (Å²) in [7, 11) is 0. The number of likely N-dealkylation sites (tertiary alicyclic amines) is 1. The maximum atomic E-state index is 12.1. The normalized spacial score (nSPS) is 16.4. The van der Waals surface area contributed by atoms with Crippen LogP contribution in [0.3, 0.4) is 0 Å². The van der Waals surface area contributed by atoms with Crippen molar-refractivity contribution < 1.29 is 9.59 Å². The molecule has 0 atom stereocenters. The van der Waals surface area contributed by atoms with E-state index in [1.165, 1.54) is 0 Å². The van der Waals surface area contributed by atoms with Crippen molar-refractivity contribution in [2.45, 2.75) is 57.9 Å². The second-order valence-electron chi connectivity index (χ2n) is 5.37. The summed E-state index contributed by atoms with van der Waals surface area (Å²) >= 11 is 0. The molecule has 6 heteroatoms. The van der Waals surface area contributed by atoms with Gasteiger partial charge in [0.15, 0.2) is 0 Å². The number of hydrogen-bond donors (Lipinski definition) is 2. The molecule has 1 saturated heterocycles. The molecule has 0 aromatic rings. The van der Waals surface area contributed by atoms with Crippen LogP contribution in [-0.4, -0.2) is 41.9 Å². The zero-order valence-electron chi connectivity index (χ0n) is 12.6. The minimum absolute atomic E-state index is 0. The van der Waals surface area contributed by atoms with Crippen LogP contribution in [0.25, 0.3) is 0 Å². The first-order valence-corrected chi connectivity index (χ1v) is 7.35. The number of halogens is 1. The molecular weight excluding hydrogens is 278 g/mol.